The summed E-state index contributed by atoms with van der Waals surface area (Å²) in [6.45, 7) is 1.60. The minimum absolute atomic E-state index is 0.0469. The molecule has 1 aromatic heterocycles. The Morgan fingerprint density at radius 1 is 0.972 bits per heavy atom. The molecule has 182 valence electrons. The van der Waals surface area contributed by atoms with Crippen LogP contribution in [-0.2, 0) is 19.6 Å². The molecule has 3 heterocycles. The molecule has 2 N–H and O–H groups in total. The standard InChI is InChI=1S/C28H25F2N5O/c29-28(30)11-12-34(17-28)14-21-7-3-4-8-22(21)18-9-10-24-23(13-18)25(33-27(31)32-24)26(36)35-15-19-5-1-2-6-20(19)16-35/h1-10,13H,11-12,14-17H2,(H2,31,32,33). The number of nitrogens with two attached hydrogens (primary N) is 1. The molecular weight excluding hydrogens is 460 g/mol. The number of hydrogen-bond donors (Lipinski definition) is 1. The van der Waals surface area contributed by atoms with Gasteiger partial charge in [-0.2, -0.15) is 0 Å². The van der Waals surface area contributed by atoms with E-state index in [2.05, 4.69) is 9.97 Å². The van der Waals surface area contributed by atoms with Gasteiger partial charge in [0.2, 0.25) is 5.95 Å². The normalized spacial score (nSPS) is 17.0. The van der Waals surface area contributed by atoms with Crippen molar-refractivity contribution in [2.75, 3.05) is 18.8 Å². The number of amides is 1. The van der Waals surface area contributed by atoms with Gasteiger partial charge in [0.1, 0.15) is 5.69 Å². The predicted octanol–water partition coefficient (Wildman–Crippen LogP) is 4.88. The fourth-order valence-corrected chi connectivity index (χ4v) is 5.23. The number of nitrogen functional groups attached to an aromatic ring is 1. The van der Waals surface area contributed by atoms with E-state index in [4.69, 9.17) is 5.73 Å². The molecule has 0 radical (unpaired) electrons. The highest BCUT2D eigenvalue weighted by atomic mass is 19.3. The minimum Gasteiger partial charge on any atom is -0.368 e. The number of halogens is 2. The van der Waals surface area contributed by atoms with Crippen LogP contribution >= 0.6 is 0 Å². The van der Waals surface area contributed by atoms with E-state index < -0.39 is 5.92 Å². The van der Waals surface area contributed by atoms with Gasteiger partial charge in [-0.1, -0.05) is 54.6 Å². The number of alkyl halides is 2. The quantitative estimate of drug-likeness (QED) is 0.446. The highest BCUT2D eigenvalue weighted by Gasteiger charge is 2.38. The molecule has 0 aliphatic carbocycles. The maximum absolute atomic E-state index is 13.8. The van der Waals surface area contributed by atoms with E-state index in [0.29, 0.717) is 37.1 Å². The number of rotatable bonds is 4. The molecule has 3 aromatic carbocycles. The zero-order valence-corrected chi connectivity index (χ0v) is 19.6. The van der Waals surface area contributed by atoms with E-state index in [1.165, 1.54) is 0 Å². The van der Waals surface area contributed by atoms with Crippen molar-refractivity contribution in [3.63, 3.8) is 0 Å². The fourth-order valence-electron chi connectivity index (χ4n) is 5.23. The first kappa shape index (κ1) is 22.5. The lowest BCUT2D eigenvalue weighted by Gasteiger charge is -2.19. The third-order valence-corrected chi connectivity index (χ3v) is 7.01. The third kappa shape index (κ3) is 4.18. The summed E-state index contributed by atoms with van der Waals surface area (Å²) in [6.07, 6.45) is -0.115. The Labute approximate surface area is 207 Å². The Morgan fingerprint density at radius 2 is 1.69 bits per heavy atom. The van der Waals surface area contributed by atoms with Crippen LogP contribution in [0.15, 0.2) is 66.7 Å². The van der Waals surface area contributed by atoms with E-state index in [1.807, 2.05) is 66.7 Å². The summed E-state index contributed by atoms with van der Waals surface area (Å²) in [5.41, 5.74) is 11.8. The van der Waals surface area contributed by atoms with Gasteiger partial charge in [-0.15, -0.1) is 0 Å². The van der Waals surface area contributed by atoms with Crippen molar-refractivity contribution >= 4 is 22.8 Å². The Balaban J connectivity index is 1.36. The molecule has 4 aromatic rings. The summed E-state index contributed by atoms with van der Waals surface area (Å²) in [5, 5.41) is 0.616. The van der Waals surface area contributed by atoms with Crippen molar-refractivity contribution in [3.8, 4) is 11.1 Å². The predicted molar refractivity (Wildman–Crippen MR) is 134 cm³/mol. The maximum atomic E-state index is 13.8. The molecular formula is C28H25F2N5O. The van der Waals surface area contributed by atoms with Crippen LogP contribution < -0.4 is 5.73 Å². The molecule has 0 spiro atoms. The molecule has 0 unspecified atom stereocenters. The van der Waals surface area contributed by atoms with Crippen molar-refractivity contribution in [3.05, 3.63) is 89.1 Å². The third-order valence-electron chi connectivity index (χ3n) is 7.01. The van der Waals surface area contributed by atoms with E-state index in [-0.39, 0.29) is 30.5 Å². The molecule has 6 rings (SSSR count). The largest absolute Gasteiger partial charge is 0.368 e. The number of fused-ring (bicyclic) bond motifs is 2. The van der Waals surface area contributed by atoms with Crippen LogP contribution in [0.2, 0.25) is 0 Å². The first-order valence-corrected chi connectivity index (χ1v) is 12.0. The van der Waals surface area contributed by atoms with Gasteiger partial charge in [0.05, 0.1) is 12.1 Å². The SMILES string of the molecule is Nc1nc(C(=O)N2Cc3ccccc3C2)c2cc(-c3ccccc3CN3CCC(F)(F)C3)ccc2n1. The number of aromatic nitrogens is 2. The second-order valence-corrected chi connectivity index (χ2v) is 9.57. The van der Waals surface area contributed by atoms with Crippen LogP contribution in [0.1, 0.15) is 33.6 Å². The average Bonchev–Trinajstić information content (AvgIpc) is 3.45. The number of hydrogen-bond acceptors (Lipinski definition) is 5. The van der Waals surface area contributed by atoms with Crippen LogP contribution in [0.5, 0.6) is 0 Å². The molecule has 1 saturated heterocycles. The van der Waals surface area contributed by atoms with E-state index in [0.717, 1.165) is 27.8 Å². The Hall–Kier alpha value is -3.91. The second kappa shape index (κ2) is 8.64. The summed E-state index contributed by atoms with van der Waals surface area (Å²) < 4.78 is 27.5. The monoisotopic (exact) mass is 485 g/mol. The Morgan fingerprint density at radius 3 is 2.42 bits per heavy atom. The van der Waals surface area contributed by atoms with E-state index in [1.54, 1.807) is 9.80 Å². The maximum Gasteiger partial charge on any atom is 0.273 e. The van der Waals surface area contributed by atoms with Gasteiger partial charge in [0, 0.05) is 38.0 Å². The lowest BCUT2D eigenvalue weighted by atomic mass is 9.97. The van der Waals surface area contributed by atoms with Gasteiger partial charge < -0.3 is 10.6 Å². The van der Waals surface area contributed by atoms with E-state index in [9.17, 15) is 13.6 Å². The highest BCUT2D eigenvalue weighted by Crippen LogP contribution is 2.33. The lowest BCUT2D eigenvalue weighted by molar-refractivity contribution is 0.0115. The molecule has 0 bridgehead atoms. The number of anilines is 1. The van der Waals surface area contributed by atoms with Crippen molar-refractivity contribution in [2.24, 2.45) is 0 Å². The van der Waals surface area contributed by atoms with E-state index >= 15 is 0 Å². The molecule has 6 nitrogen and oxygen atoms in total. The number of nitrogens with zero attached hydrogens (tertiary/aromatic N) is 4. The first-order chi connectivity index (χ1) is 17.4. The summed E-state index contributed by atoms with van der Waals surface area (Å²) in [7, 11) is 0. The van der Waals surface area contributed by atoms with Crippen LogP contribution in [-0.4, -0.2) is 44.7 Å². The van der Waals surface area contributed by atoms with Crippen LogP contribution in [0.25, 0.3) is 22.0 Å². The van der Waals surface area contributed by atoms with Crippen LogP contribution in [0, 0.1) is 0 Å². The van der Waals surface area contributed by atoms with Crippen molar-refractivity contribution in [2.45, 2.75) is 32.0 Å². The zero-order valence-electron chi connectivity index (χ0n) is 19.6. The summed E-state index contributed by atoms with van der Waals surface area (Å²) in [6, 6.07) is 21.4. The summed E-state index contributed by atoms with van der Waals surface area (Å²) >= 11 is 0. The topological polar surface area (TPSA) is 75.3 Å². The number of carbonyl (C=O) groups excluding carboxylic acids is 1. The zero-order chi connectivity index (χ0) is 24.9. The number of benzene rings is 3. The molecule has 2 aliphatic rings. The van der Waals surface area contributed by atoms with Gasteiger partial charge in [-0.25, -0.2) is 18.7 Å². The summed E-state index contributed by atoms with van der Waals surface area (Å²) in [5.74, 6) is -2.79. The van der Waals surface area contributed by atoms with Gasteiger partial charge in [0.15, 0.2) is 0 Å². The molecule has 8 heteroatoms. The van der Waals surface area contributed by atoms with Gasteiger partial charge in [-0.3, -0.25) is 9.69 Å². The Kier molecular flexibility index (Phi) is 5.41. The minimum atomic E-state index is -2.64. The molecule has 0 atom stereocenters. The second-order valence-electron chi connectivity index (χ2n) is 9.57. The molecule has 2 aliphatic heterocycles. The molecule has 36 heavy (non-hydrogen) atoms. The Bertz CT molecular complexity index is 1460. The van der Waals surface area contributed by atoms with Crippen molar-refractivity contribution in [1.82, 2.24) is 19.8 Å². The fraction of sp³-hybridized carbons (Fsp3) is 0.250. The molecule has 1 fully saturated rings. The van der Waals surface area contributed by atoms with Gasteiger partial charge in [-0.05, 0) is 39.9 Å². The van der Waals surface area contributed by atoms with Gasteiger partial charge >= 0.3 is 0 Å². The van der Waals surface area contributed by atoms with Crippen LogP contribution in [0.4, 0.5) is 14.7 Å². The first-order valence-electron chi connectivity index (χ1n) is 12.0. The average molecular weight is 486 g/mol. The molecule has 0 saturated carbocycles. The lowest BCUT2D eigenvalue weighted by Crippen LogP contribution is -2.27. The molecule has 1 amide bonds. The number of carbonyl (C=O) groups is 1. The smallest absolute Gasteiger partial charge is 0.273 e. The summed E-state index contributed by atoms with van der Waals surface area (Å²) in [4.78, 5) is 25.8. The van der Waals surface area contributed by atoms with Crippen molar-refractivity contribution < 1.29 is 13.6 Å². The highest BCUT2D eigenvalue weighted by molar-refractivity contribution is 6.06. The number of likely N-dealkylation sites (tertiary alicyclic amines) is 1. The van der Waals surface area contributed by atoms with Gasteiger partial charge in [0.25, 0.3) is 11.8 Å². The van der Waals surface area contributed by atoms with Crippen LogP contribution in [0.3, 0.4) is 0 Å². The van der Waals surface area contributed by atoms with Crippen molar-refractivity contribution in [1.29, 1.82) is 0 Å².